The minimum atomic E-state index is -3.89. The lowest BCUT2D eigenvalue weighted by Gasteiger charge is -2.19. The van der Waals surface area contributed by atoms with Crippen molar-refractivity contribution in [2.45, 2.75) is 31.6 Å². The van der Waals surface area contributed by atoms with E-state index in [9.17, 15) is 21.6 Å². The summed E-state index contributed by atoms with van der Waals surface area (Å²) >= 11 is 0. The molecule has 1 N–H and O–H groups in total. The second-order valence-corrected chi connectivity index (χ2v) is 11.6. The Morgan fingerprint density at radius 1 is 1.00 bits per heavy atom. The Kier molecular flexibility index (Phi) is 5.47. The summed E-state index contributed by atoms with van der Waals surface area (Å²) in [5, 5.41) is 0. The maximum Gasteiger partial charge on any atom is 0.262 e. The molecule has 2 aromatic carbocycles. The van der Waals surface area contributed by atoms with Crippen molar-refractivity contribution in [3.63, 3.8) is 0 Å². The first-order valence-corrected chi connectivity index (χ1v) is 13.2. The molecule has 0 spiro atoms. The van der Waals surface area contributed by atoms with Crippen molar-refractivity contribution >= 4 is 43.0 Å². The van der Waals surface area contributed by atoms with Gasteiger partial charge < -0.3 is 4.90 Å². The summed E-state index contributed by atoms with van der Waals surface area (Å²) in [7, 11) is -7.63. The fraction of sp³-hybridized carbons (Fsp3) is 0.381. The van der Waals surface area contributed by atoms with Crippen molar-refractivity contribution in [1.29, 1.82) is 0 Å². The third-order valence-electron chi connectivity index (χ3n) is 5.63. The number of benzene rings is 2. The Morgan fingerprint density at radius 3 is 2.16 bits per heavy atom. The molecule has 0 aliphatic carbocycles. The van der Waals surface area contributed by atoms with Gasteiger partial charge in [0.25, 0.3) is 10.0 Å². The highest BCUT2D eigenvalue weighted by Gasteiger charge is 2.42. The molecule has 2 fully saturated rings. The number of sulfonamides is 2. The molecule has 2 heterocycles. The van der Waals surface area contributed by atoms with Gasteiger partial charge in [-0.25, -0.2) is 21.1 Å². The summed E-state index contributed by atoms with van der Waals surface area (Å²) in [5.74, 6) is -1.38. The standard InChI is InChI=1S/C21H25N3O5S2/c1-15-13-19(24-21(25)16(2)14-30(24,26)27)9-10-20(15)31(28,29)22-17-5-7-18(8-6-17)23-11-3-4-12-23/h5-10,13,16,22H,3-4,11-12,14H2,1-2H3. The van der Waals surface area contributed by atoms with Crippen LogP contribution in [0.3, 0.4) is 0 Å². The number of carbonyl (C=O) groups is 1. The van der Waals surface area contributed by atoms with Crippen LogP contribution in [0.25, 0.3) is 0 Å². The van der Waals surface area contributed by atoms with Gasteiger partial charge in [-0.2, -0.15) is 0 Å². The molecule has 2 aliphatic rings. The van der Waals surface area contributed by atoms with Gasteiger partial charge in [0, 0.05) is 24.5 Å². The van der Waals surface area contributed by atoms with Gasteiger partial charge in [-0.15, -0.1) is 0 Å². The number of aryl methyl sites for hydroxylation is 1. The first-order chi connectivity index (χ1) is 14.6. The quantitative estimate of drug-likeness (QED) is 0.731. The van der Waals surface area contributed by atoms with E-state index in [4.69, 9.17) is 0 Å². The van der Waals surface area contributed by atoms with Crippen molar-refractivity contribution in [3.8, 4) is 0 Å². The van der Waals surface area contributed by atoms with E-state index in [2.05, 4.69) is 9.62 Å². The van der Waals surface area contributed by atoms with E-state index in [0.717, 1.165) is 35.9 Å². The smallest absolute Gasteiger partial charge is 0.262 e. The summed E-state index contributed by atoms with van der Waals surface area (Å²) in [6.45, 7) is 5.14. The third-order valence-corrected chi connectivity index (χ3v) is 9.04. The molecule has 10 heteroatoms. The van der Waals surface area contributed by atoms with Crippen LogP contribution >= 0.6 is 0 Å². The van der Waals surface area contributed by atoms with Crippen molar-refractivity contribution in [1.82, 2.24) is 0 Å². The number of amides is 1. The van der Waals surface area contributed by atoms with Crippen LogP contribution in [-0.4, -0.2) is 41.6 Å². The van der Waals surface area contributed by atoms with Crippen molar-refractivity contribution in [2.24, 2.45) is 5.92 Å². The van der Waals surface area contributed by atoms with E-state index in [1.165, 1.54) is 18.2 Å². The van der Waals surface area contributed by atoms with E-state index in [-0.39, 0.29) is 16.3 Å². The number of nitrogens with one attached hydrogen (secondary N) is 1. The predicted octanol–water partition coefficient (Wildman–Crippen LogP) is 2.71. The van der Waals surface area contributed by atoms with Crippen LogP contribution in [0.5, 0.6) is 0 Å². The number of carbonyl (C=O) groups excluding carboxylic acids is 1. The van der Waals surface area contributed by atoms with Crippen molar-refractivity contribution in [2.75, 3.05) is 32.8 Å². The molecule has 8 nitrogen and oxygen atoms in total. The highest BCUT2D eigenvalue weighted by molar-refractivity contribution is 7.94. The Bertz CT molecular complexity index is 1220. The van der Waals surface area contributed by atoms with Crippen LogP contribution in [0, 0.1) is 12.8 Å². The molecule has 166 valence electrons. The lowest BCUT2D eigenvalue weighted by atomic mass is 10.2. The average Bonchev–Trinajstić information content (AvgIpc) is 3.28. The van der Waals surface area contributed by atoms with Crippen LogP contribution in [0.15, 0.2) is 47.4 Å². The molecule has 0 saturated carbocycles. The zero-order chi connectivity index (χ0) is 22.4. The monoisotopic (exact) mass is 463 g/mol. The van der Waals surface area contributed by atoms with E-state index < -0.39 is 31.9 Å². The van der Waals surface area contributed by atoms with Gasteiger partial charge in [-0.05, 0) is 67.8 Å². The minimum absolute atomic E-state index is 0.0250. The fourth-order valence-corrected chi connectivity index (χ4v) is 7.17. The summed E-state index contributed by atoms with van der Waals surface area (Å²) in [4.78, 5) is 14.6. The normalized spacial score (nSPS) is 21.0. The largest absolute Gasteiger partial charge is 0.372 e. The molecular formula is C21H25N3O5S2. The number of anilines is 3. The second-order valence-electron chi connectivity index (χ2n) is 8.08. The highest BCUT2D eigenvalue weighted by atomic mass is 32.2. The lowest BCUT2D eigenvalue weighted by Crippen LogP contribution is -2.30. The van der Waals surface area contributed by atoms with Gasteiger partial charge in [0.2, 0.25) is 15.9 Å². The molecular weight excluding hydrogens is 438 g/mol. The van der Waals surface area contributed by atoms with Crippen LogP contribution in [0.4, 0.5) is 17.1 Å². The summed E-state index contributed by atoms with van der Waals surface area (Å²) in [5.41, 5.74) is 2.01. The van der Waals surface area contributed by atoms with Crippen LogP contribution < -0.4 is 13.9 Å². The molecule has 2 aromatic rings. The minimum Gasteiger partial charge on any atom is -0.372 e. The second kappa shape index (κ2) is 7.83. The first kappa shape index (κ1) is 21.6. The van der Waals surface area contributed by atoms with Crippen molar-refractivity contribution < 1.29 is 21.6 Å². The Hall–Kier alpha value is -2.59. The number of nitrogens with zero attached hydrogens (tertiary/aromatic N) is 2. The summed E-state index contributed by atoms with van der Waals surface area (Å²) < 4.78 is 53.8. The lowest BCUT2D eigenvalue weighted by molar-refractivity contribution is -0.119. The van der Waals surface area contributed by atoms with Crippen molar-refractivity contribution in [3.05, 3.63) is 48.0 Å². The SMILES string of the molecule is Cc1cc(N2C(=O)C(C)CS2(=O)=O)ccc1S(=O)(=O)Nc1ccc(N2CCCC2)cc1. The van der Waals surface area contributed by atoms with Gasteiger partial charge in [0.05, 0.1) is 22.3 Å². The van der Waals surface area contributed by atoms with Crippen LogP contribution in [-0.2, 0) is 24.8 Å². The zero-order valence-corrected chi connectivity index (χ0v) is 19.0. The van der Waals surface area contributed by atoms with Gasteiger partial charge in [0.15, 0.2) is 0 Å². The van der Waals surface area contributed by atoms with Gasteiger partial charge in [-0.1, -0.05) is 6.92 Å². The van der Waals surface area contributed by atoms with Crippen LogP contribution in [0.2, 0.25) is 0 Å². The molecule has 31 heavy (non-hydrogen) atoms. The maximum absolute atomic E-state index is 12.9. The maximum atomic E-state index is 12.9. The molecule has 0 bridgehead atoms. The highest BCUT2D eigenvalue weighted by Crippen LogP contribution is 2.31. The molecule has 4 rings (SSSR count). The number of hydrogen-bond acceptors (Lipinski definition) is 6. The molecule has 2 aliphatic heterocycles. The molecule has 1 atom stereocenters. The van der Waals surface area contributed by atoms with Gasteiger partial charge >= 0.3 is 0 Å². The van der Waals surface area contributed by atoms with E-state index in [1.54, 1.807) is 26.0 Å². The number of rotatable bonds is 5. The topological polar surface area (TPSA) is 104 Å². The average molecular weight is 464 g/mol. The van der Waals surface area contributed by atoms with Gasteiger partial charge in [0.1, 0.15) is 0 Å². The molecule has 0 radical (unpaired) electrons. The predicted molar refractivity (Wildman–Crippen MR) is 120 cm³/mol. The fourth-order valence-electron chi connectivity index (χ4n) is 4.07. The summed E-state index contributed by atoms with van der Waals surface area (Å²) in [6, 6.07) is 11.3. The molecule has 1 amide bonds. The molecule has 2 saturated heterocycles. The first-order valence-electron chi connectivity index (χ1n) is 10.1. The Balaban J connectivity index is 1.57. The number of hydrogen-bond donors (Lipinski definition) is 1. The zero-order valence-electron chi connectivity index (χ0n) is 17.4. The van der Waals surface area contributed by atoms with E-state index >= 15 is 0 Å². The molecule has 0 aromatic heterocycles. The van der Waals surface area contributed by atoms with Crippen LogP contribution in [0.1, 0.15) is 25.3 Å². The molecule has 1 unspecified atom stereocenters. The third kappa shape index (κ3) is 4.14. The van der Waals surface area contributed by atoms with E-state index in [0.29, 0.717) is 11.3 Å². The Morgan fingerprint density at radius 2 is 1.61 bits per heavy atom. The van der Waals surface area contributed by atoms with Gasteiger partial charge in [-0.3, -0.25) is 9.52 Å². The summed E-state index contributed by atoms with van der Waals surface area (Å²) in [6.07, 6.45) is 2.32. The Labute approximate surface area is 183 Å². The van der Waals surface area contributed by atoms with E-state index in [1.807, 2.05) is 12.1 Å².